The minimum atomic E-state index is -3.40. The molecule has 2 atom stereocenters. The normalized spacial score (nSPS) is 23.9. The molecule has 0 bridgehead atoms. The topological polar surface area (TPSA) is 58.6 Å². The van der Waals surface area contributed by atoms with Gasteiger partial charge in [-0.2, -0.15) is 17.4 Å². The summed E-state index contributed by atoms with van der Waals surface area (Å²) in [5.74, 6) is 1.56. The minimum absolute atomic E-state index is 0.274. The molecule has 1 aliphatic heterocycles. The first-order valence-corrected chi connectivity index (χ1v) is 8.84. The first kappa shape index (κ1) is 16.3. The van der Waals surface area contributed by atoms with Crippen LogP contribution in [-0.4, -0.2) is 39.0 Å². The van der Waals surface area contributed by atoms with Crippen molar-refractivity contribution in [2.45, 2.75) is 20.3 Å². The maximum absolute atomic E-state index is 12.2. The van der Waals surface area contributed by atoms with Crippen molar-refractivity contribution in [1.29, 1.82) is 0 Å². The van der Waals surface area contributed by atoms with Gasteiger partial charge in [-0.15, -0.1) is 0 Å². The van der Waals surface area contributed by atoms with Gasteiger partial charge in [-0.1, -0.05) is 32.0 Å². The lowest BCUT2D eigenvalue weighted by Gasteiger charge is -2.33. The zero-order valence-electron chi connectivity index (χ0n) is 12.7. The number of nitrogens with one attached hydrogen (secondary N) is 1. The fourth-order valence-corrected chi connectivity index (χ4v) is 4.17. The van der Waals surface area contributed by atoms with E-state index in [2.05, 4.69) is 18.6 Å². The van der Waals surface area contributed by atoms with Crippen molar-refractivity contribution in [3.8, 4) is 5.75 Å². The predicted molar refractivity (Wildman–Crippen MR) is 83.4 cm³/mol. The Morgan fingerprint density at radius 2 is 1.81 bits per heavy atom. The molecule has 0 aliphatic carbocycles. The van der Waals surface area contributed by atoms with Gasteiger partial charge in [0.25, 0.3) is 10.2 Å². The molecular weight excluding hydrogens is 288 g/mol. The van der Waals surface area contributed by atoms with Crippen molar-refractivity contribution in [1.82, 2.24) is 9.03 Å². The molecule has 1 N–H and O–H groups in total. The largest absolute Gasteiger partial charge is 0.492 e. The van der Waals surface area contributed by atoms with Gasteiger partial charge in [0.05, 0.1) is 0 Å². The van der Waals surface area contributed by atoms with Crippen LogP contribution in [0.5, 0.6) is 5.75 Å². The first-order chi connectivity index (χ1) is 9.97. The smallest absolute Gasteiger partial charge is 0.279 e. The van der Waals surface area contributed by atoms with Crippen LogP contribution in [0.1, 0.15) is 20.3 Å². The Bertz CT molecular complexity index is 523. The van der Waals surface area contributed by atoms with Crippen molar-refractivity contribution in [2.75, 3.05) is 26.2 Å². The standard InChI is InChI=1S/C15H24N2O3S/c1-13-10-14(2)12-17(11-13)21(18,19)16-8-9-20-15-6-4-3-5-7-15/h3-7,13-14,16H,8-12H2,1-2H3. The molecule has 1 aromatic carbocycles. The molecule has 1 fully saturated rings. The summed E-state index contributed by atoms with van der Waals surface area (Å²) >= 11 is 0. The maximum Gasteiger partial charge on any atom is 0.279 e. The quantitative estimate of drug-likeness (QED) is 0.816. The van der Waals surface area contributed by atoms with E-state index >= 15 is 0 Å². The highest BCUT2D eigenvalue weighted by Gasteiger charge is 2.29. The second kappa shape index (κ2) is 7.24. The van der Waals surface area contributed by atoms with Gasteiger partial charge in [0.2, 0.25) is 0 Å². The van der Waals surface area contributed by atoms with E-state index in [9.17, 15) is 8.42 Å². The molecule has 6 heteroatoms. The molecule has 1 aromatic rings. The molecule has 1 heterocycles. The highest BCUT2D eigenvalue weighted by molar-refractivity contribution is 7.87. The molecule has 2 rings (SSSR count). The van der Waals surface area contributed by atoms with Crippen molar-refractivity contribution < 1.29 is 13.2 Å². The van der Waals surface area contributed by atoms with E-state index in [-0.39, 0.29) is 6.54 Å². The number of hydrogen-bond donors (Lipinski definition) is 1. The molecule has 0 spiro atoms. The second-order valence-corrected chi connectivity index (χ2v) is 7.58. The number of nitrogens with zero attached hydrogens (tertiary/aromatic N) is 1. The summed E-state index contributed by atoms with van der Waals surface area (Å²) in [6, 6.07) is 9.38. The van der Waals surface area contributed by atoms with Crippen LogP contribution in [0.4, 0.5) is 0 Å². The molecule has 21 heavy (non-hydrogen) atoms. The SMILES string of the molecule is CC1CC(C)CN(S(=O)(=O)NCCOc2ccccc2)C1. The Morgan fingerprint density at radius 3 is 2.43 bits per heavy atom. The Morgan fingerprint density at radius 1 is 1.19 bits per heavy atom. The maximum atomic E-state index is 12.2. The lowest BCUT2D eigenvalue weighted by molar-refractivity contribution is 0.219. The third-order valence-corrected chi connectivity index (χ3v) is 5.12. The Hall–Kier alpha value is -1.11. The molecule has 0 amide bonds. The van der Waals surface area contributed by atoms with Crippen LogP contribution in [-0.2, 0) is 10.2 Å². The monoisotopic (exact) mass is 312 g/mol. The zero-order valence-corrected chi connectivity index (χ0v) is 13.5. The van der Waals surface area contributed by atoms with Gasteiger partial charge in [-0.25, -0.2) is 0 Å². The van der Waals surface area contributed by atoms with E-state index in [4.69, 9.17) is 4.74 Å². The molecule has 5 nitrogen and oxygen atoms in total. The molecular formula is C15H24N2O3S. The highest BCUT2D eigenvalue weighted by atomic mass is 32.2. The van der Waals surface area contributed by atoms with E-state index in [0.717, 1.165) is 12.2 Å². The third-order valence-electron chi connectivity index (χ3n) is 3.57. The van der Waals surface area contributed by atoms with Crippen LogP contribution in [0.25, 0.3) is 0 Å². The minimum Gasteiger partial charge on any atom is -0.492 e. The van der Waals surface area contributed by atoms with Crippen molar-refractivity contribution in [3.05, 3.63) is 30.3 Å². The van der Waals surface area contributed by atoms with Crippen LogP contribution < -0.4 is 9.46 Å². The highest BCUT2D eigenvalue weighted by Crippen LogP contribution is 2.22. The van der Waals surface area contributed by atoms with E-state index in [1.807, 2.05) is 30.3 Å². The van der Waals surface area contributed by atoms with Gasteiger partial charge in [0, 0.05) is 19.6 Å². The Labute approximate surface area is 127 Å². The first-order valence-electron chi connectivity index (χ1n) is 7.40. The van der Waals surface area contributed by atoms with Crippen LogP contribution in [0.3, 0.4) is 0 Å². The van der Waals surface area contributed by atoms with Crippen molar-refractivity contribution in [3.63, 3.8) is 0 Å². The summed E-state index contributed by atoms with van der Waals surface area (Å²) in [6.45, 7) is 5.98. The molecule has 0 saturated carbocycles. The second-order valence-electron chi connectivity index (χ2n) is 5.82. The van der Waals surface area contributed by atoms with E-state index < -0.39 is 10.2 Å². The average molecular weight is 312 g/mol. The van der Waals surface area contributed by atoms with Gasteiger partial charge in [0.1, 0.15) is 12.4 Å². The van der Waals surface area contributed by atoms with Crippen LogP contribution in [0.2, 0.25) is 0 Å². The molecule has 2 unspecified atom stereocenters. The lowest BCUT2D eigenvalue weighted by Crippen LogP contribution is -2.48. The van der Waals surface area contributed by atoms with Gasteiger partial charge >= 0.3 is 0 Å². The number of rotatable bonds is 6. The van der Waals surface area contributed by atoms with Gasteiger partial charge in [-0.05, 0) is 30.4 Å². The number of para-hydroxylation sites is 1. The molecule has 1 aliphatic rings. The summed E-state index contributed by atoms with van der Waals surface area (Å²) in [6.07, 6.45) is 1.09. The lowest BCUT2D eigenvalue weighted by atomic mass is 9.94. The summed E-state index contributed by atoms with van der Waals surface area (Å²) in [4.78, 5) is 0. The van der Waals surface area contributed by atoms with Crippen LogP contribution in [0.15, 0.2) is 30.3 Å². The van der Waals surface area contributed by atoms with E-state index in [1.54, 1.807) is 4.31 Å². The fourth-order valence-electron chi connectivity index (χ4n) is 2.75. The summed E-state index contributed by atoms with van der Waals surface area (Å²) < 4.78 is 34.1. The Kier molecular flexibility index (Phi) is 5.61. The molecule has 0 aromatic heterocycles. The van der Waals surface area contributed by atoms with Crippen LogP contribution >= 0.6 is 0 Å². The third kappa shape index (κ3) is 4.98. The number of hydrogen-bond acceptors (Lipinski definition) is 3. The summed E-state index contributed by atoms with van der Waals surface area (Å²) in [7, 11) is -3.40. The van der Waals surface area contributed by atoms with E-state index in [1.165, 1.54) is 0 Å². The van der Waals surface area contributed by atoms with Gasteiger partial charge < -0.3 is 4.74 Å². The molecule has 0 radical (unpaired) electrons. The number of benzene rings is 1. The van der Waals surface area contributed by atoms with E-state index in [0.29, 0.717) is 31.5 Å². The summed E-state index contributed by atoms with van der Waals surface area (Å²) in [5, 5.41) is 0. The average Bonchev–Trinajstić information content (AvgIpc) is 2.44. The zero-order chi connectivity index (χ0) is 15.3. The number of ether oxygens (including phenoxy) is 1. The van der Waals surface area contributed by atoms with Crippen molar-refractivity contribution in [2.24, 2.45) is 11.8 Å². The van der Waals surface area contributed by atoms with Crippen molar-refractivity contribution >= 4 is 10.2 Å². The summed E-state index contributed by atoms with van der Waals surface area (Å²) in [5.41, 5.74) is 0. The number of piperidine rings is 1. The van der Waals surface area contributed by atoms with Gasteiger partial charge in [0.15, 0.2) is 0 Å². The Balaban J connectivity index is 1.78. The predicted octanol–water partition coefficient (Wildman–Crippen LogP) is 1.88. The molecule has 118 valence electrons. The van der Waals surface area contributed by atoms with Gasteiger partial charge in [-0.3, -0.25) is 0 Å². The molecule has 1 saturated heterocycles. The fraction of sp³-hybridized carbons (Fsp3) is 0.600. The van der Waals surface area contributed by atoms with Crippen LogP contribution in [0, 0.1) is 11.8 Å².